The van der Waals surface area contributed by atoms with Crippen molar-refractivity contribution in [2.24, 2.45) is 0 Å². The van der Waals surface area contributed by atoms with Crippen LogP contribution in [0, 0.1) is 0 Å². The summed E-state index contributed by atoms with van der Waals surface area (Å²) in [5, 5.41) is 22.6. The molecule has 0 aliphatic rings. The Labute approximate surface area is 609 Å². The van der Waals surface area contributed by atoms with Gasteiger partial charge in [-0.25, -0.2) is 19.9 Å². The maximum Gasteiger partial charge on any atom is 0.165 e. The zero-order chi connectivity index (χ0) is 69.7. The molecule has 24 aromatic rings. The van der Waals surface area contributed by atoms with Crippen LogP contribution < -0.4 is 0 Å². The molecule has 17 aromatic carbocycles. The summed E-state index contributed by atoms with van der Waals surface area (Å²) in [7, 11) is 0. The molecule has 0 spiro atoms. The molecule has 9 nitrogen and oxygen atoms in total. The highest BCUT2D eigenvalue weighted by atomic mass is 16.3. The van der Waals surface area contributed by atoms with Crippen molar-refractivity contribution in [3.63, 3.8) is 0 Å². The number of hydrogen-bond acceptors (Lipinski definition) is 5. The second-order valence-electron chi connectivity index (χ2n) is 28.4. The van der Waals surface area contributed by atoms with Crippen molar-refractivity contribution < 1.29 is 4.42 Å². The van der Waals surface area contributed by atoms with Gasteiger partial charge in [0.25, 0.3) is 0 Å². The topological polar surface area (TPSA) is 84.4 Å². The normalized spacial score (nSPS) is 12.3. The van der Waals surface area contributed by atoms with Gasteiger partial charge in [-0.15, -0.1) is 0 Å². The van der Waals surface area contributed by atoms with E-state index in [0.29, 0.717) is 11.6 Å². The van der Waals surface area contributed by atoms with Crippen LogP contribution in [0.5, 0.6) is 0 Å². The molecule has 0 saturated heterocycles. The molecule has 107 heavy (non-hydrogen) atoms. The van der Waals surface area contributed by atoms with Gasteiger partial charge < -0.3 is 13.6 Å². The number of aromatic nitrogens is 8. The fraction of sp³-hybridized carbons (Fsp3) is 0. The number of hydrogen-bond donors (Lipinski definition) is 0. The first-order chi connectivity index (χ1) is 53.0. The number of rotatable bonds is 7. The molecule has 7 heterocycles. The standard InChI is InChI=1S/C98H56N8O/c1-2-24-64-57(21-1)43-44-61-49-62(45-47-65(61)64)95-99-81-33-11-3-31-72(81)97(101-95)105-86-38-16-8-28-69(86)77-56-75-60(53-91(77)105)23-20-41-89(75)104-85-37-15-7-27-68(85)76-50-58(46-48-90(76)104)63-51-79-71-30-10-18-42-93(71)107-94(79)80(52-63)96-100-82-34-12-4-32-73(82)98(102-96)106-87-39-17-9-29-70(87)78-55-74-59(54-92(78)106)22-19-40-88(74)103-83-35-13-5-25-66(83)67-26-6-14-36-84(67)103/h1-56H. The first-order valence-corrected chi connectivity index (χ1v) is 36.4. The molecule has 0 aliphatic carbocycles. The zero-order valence-electron chi connectivity index (χ0n) is 57.3. The molecule has 0 amide bonds. The first kappa shape index (κ1) is 58.0. The number of para-hydroxylation sites is 8. The van der Waals surface area contributed by atoms with Crippen molar-refractivity contribution in [1.29, 1.82) is 0 Å². The molecule has 24 rings (SSSR count). The molecule has 0 unspecified atom stereocenters. The van der Waals surface area contributed by atoms with Crippen molar-refractivity contribution in [2.45, 2.75) is 0 Å². The van der Waals surface area contributed by atoms with E-state index in [9.17, 15) is 0 Å². The van der Waals surface area contributed by atoms with E-state index in [1.165, 1.54) is 43.4 Å². The summed E-state index contributed by atoms with van der Waals surface area (Å²) in [5.41, 5.74) is 18.2. The third kappa shape index (κ3) is 8.38. The Balaban J connectivity index is 0.667. The summed E-state index contributed by atoms with van der Waals surface area (Å²) in [5.74, 6) is 2.88. The second-order valence-corrected chi connectivity index (χ2v) is 28.4. The van der Waals surface area contributed by atoms with E-state index >= 15 is 0 Å². The van der Waals surface area contributed by atoms with Crippen LogP contribution >= 0.6 is 0 Å². The number of furan rings is 1. The highest BCUT2D eigenvalue weighted by molar-refractivity contribution is 6.21. The Hall–Kier alpha value is -14.5. The van der Waals surface area contributed by atoms with E-state index in [0.717, 1.165) is 176 Å². The highest BCUT2D eigenvalue weighted by Crippen LogP contribution is 2.47. The maximum absolute atomic E-state index is 7.01. The molecule has 0 atom stereocenters. The first-order valence-electron chi connectivity index (χ1n) is 36.4. The van der Waals surface area contributed by atoms with Gasteiger partial charge in [0.15, 0.2) is 11.6 Å². The fourth-order valence-corrected chi connectivity index (χ4v) is 17.9. The number of fused-ring (bicyclic) bond motifs is 22. The van der Waals surface area contributed by atoms with Crippen molar-refractivity contribution in [3.8, 4) is 56.9 Å². The van der Waals surface area contributed by atoms with Crippen LogP contribution in [0.25, 0.3) is 231 Å². The molecule has 0 fully saturated rings. The molecule has 7 aromatic heterocycles. The minimum absolute atomic E-state index is 0.570. The van der Waals surface area contributed by atoms with Gasteiger partial charge in [0, 0.05) is 81.0 Å². The Morgan fingerprint density at radius 1 is 0.206 bits per heavy atom. The van der Waals surface area contributed by atoms with Gasteiger partial charge in [-0.3, -0.25) is 9.13 Å². The van der Waals surface area contributed by atoms with Gasteiger partial charge in [0.2, 0.25) is 0 Å². The van der Waals surface area contributed by atoms with Crippen molar-refractivity contribution in [1.82, 2.24) is 38.2 Å². The summed E-state index contributed by atoms with van der Waals surface area (Å²) < 4.78 is 16.6. The van der Waals surface area contributed by atoms with Crippen LogP contribution in [-0.2, 0) is 0 Å². The summed E-state index contributed by atoms with van der Waals surface area (Å²) in [6.07, 6.45) is 0. The smallest absolute Gasteiger partial charge is 0.165 e. The molecular weight excluding hydrogens is 1310 g/mol. The summed E-state index contributed by atoms with van der Waals surface area (Å²) in [4.78, 5) is 22.2. The Morgan fingerprint density at radius 3 is 1.21 bits per heavy atom. The summed E-state index contributed by atoms with van der Waals surface area (Å²) in [6.45, 7) is 0. The molecule has 0 bridgehead atoms. The Bertz CT molecular complexity index is 7990. The lowest BCUT2D eigenvalue weighted by Crippen LogP contribution is -2.03. The van der Waals surface area contributed by atoms with Crippen molar-refractivity contribution >= 4 is 174 Å². The van der Waals surface area contributed by atoms with E-state index in [1.54, 1.807) is 0 Å². The summed E-state index contributed by atoms with van der Waals surface area (Å²) >= 11 is 0. The minimum atomic E-state index is 0.570. The van der Waals surface area contributed by atoms with Crippen LogP contribution in [0.3, 0.4) is 0 Å². The van der Waals surface area contributed by atoms with Gasteiger partial charge in [-0.1, -0.05) is 212 Å². The van der Waals surface area contributed by atoms with Gasteiger partial charge in [0.05, 0.1) is 72.1 Å². The minimum Gasteiger partial charge on any atom is -0.455 e. The van der Waals surface area contributed by atoms with Crippen LogP contribution in [0.2, 0.25) is 0 Å². The quantitative estimate of drug-likeness (QED) is 0.148. The lowest BCUT2D eigenvalue weighted by atomic mass is 9.97. The monoisotopic (exact) mass is 1360 g/mol. The van der Waals surface area contributed by atoms with E-state index in [-0.39, 0.29) is 0 Å². The van der Waals surface area contributed by atoms with E-state index in [1.807, 2.05) is 6.07 Å². The predicted molar refractivity (Wildman–Crippen MR) is 444 cm³/mol. The van der Waals surface area contributed by atoms with Gasteiger partial charge in [-0.2, -0.15) is 0 Å². The molecule has 494 valence electrons. The predicted octanol–water partition coefficient (Wildman–Crippen LogP) is 25.5. The lowest BCUT2D eigenvalue weighted by molar-refractivity contribution is 0.669. The second kappa shape index (κ2) is 22.0. The molecule has 0 radical (unpaired) electrons. The Morgan fingerprint density at radius 2 is 0.617 bits per heavy atom. The maximum atomic E-state index is 7.01. The zero-order valence-corrected chi connectivity index (χ0v) is 57.3. The average molecular weight is 1360 g/mol. The summed E-state index contributed by atoms with van der Waals surface area (Å²) in [6, 6.07) is 123. The van der Waals surface area contributed by atoms with Crippen molar-refractivity contribution in [2.75, 3.05) is 0 Å². The van der Waals surface area contributed by atoms with Gasteiger partial charge >= 0.3 is 0 Å². The van der Waals surface area contributed by atoms with Crippen LogP contribution in [-0.4, -0.2) is 38.2 Å². The molecule has 0 aliphatic heterocycles. The van der Waals surface area contributed by atoms with Crippen LogP contribution in [0.15, 0.2) is 344 Å². The van der Waals surface area contributed by atoms with E-state index in [4.69, 9.17) is 24.4 Å². The van der Waals surface area contributed by atoms with Crippen LogP contribution in [0.4, 0.5) is 0 Å². The third-order valence-corrected chi connectivity index (χ3v) is 22.7. The Kier molecular flexibility index (Phi) is 11.9. The number of benzene rings is 17. The number of nitrogens with zero attached hydrogens (tertiary/aromatic N) is 8. The molecule has 0 saturated carbocycles. The van der Waals surface area contributed by atoms with Crippen LogP contribution in [0.1, 0.15) is 0 Å². The molecular formula is C98H56N8O. The molecule has 0 N–H and O–H groups in total. The van der Waals surface area contributed by atoms with Gasteiger partial charge in [0.1, 0.15) is 22.8 Å². The SMILES string of the molecule is c1cc(-n2c3ccccc3c3cc(-c4cc(-c5nc(-n6c7ccccc7c7cc8c(-n9c%10ccccc%10c%10ccccc%109)cccc8cc76)c6ccccc6n5)c5oc6ccccc6c5c4)ccc32)c2cc3c4ccccc4n(-c4nc(-c5ccc6c(ccc7ccccc76)c5)nc5ccccc45)c3cc2c1. The lowest BCUT2D eigenvalue weighted by Gasteiger charge is -2.15. The highest BCUT2D eigenvalue weighted by Gasteiger charge is 2.26. The molecule has 9 heteroatoms. The van der Waals surface area contributed by atoms with Gasteiger partial charge in [-0.05, 0) is 171 Å². The van der Waals surface area contributed by atoms with Crippen molar-refractivity contribution in [3.05, 3.63) is 340 Å². The third-order valence-electron chi connectivity index (χ3n) is 22.7. The average Bonchev–Trinajstić information content (AvgIpc) is 1.39. The van der Waals surface area contributed by atoms with E-state index < -0.39 is 0 Å². The van der Waals surface area contributed by atoms with E-state index in [2.05, 4.69) is 352 Å². The largest absolute Gasteiger partial charge is 0.455 e. The fourth-order valence-electron chi connectivity index (χ4n) is 17.9.